The highest BCUT2D eigenvalue weighted by Crippen LogP contribution is 2.40. The highest BCUT2D eigenvalue weighted by atomic mass is 16.3. The third kappa shape index (κ3) is 3.64. The van der Waals surface area contributed by atoms with E-state index < -0.39 is 0 Å². The van der Waals surface area contributed by atoms with Gasteiger partial charge in [0.2, 0.25) is 5.96 Å². The number of aromatic nitrogens is 1. The van der Waals surface area contributed by atoms with Gasteiger partial charge in [0.1, 0.15) is 11.2 Å². The van der Waals surface area contributed by atoms with Crippen molar-refractivity contribution in [2.24, 2.45) is 4.99 Å². The minimum absolute atomic E-state index is 0.0280. The molecule has 4 nitrogen and oxygen atoms in total. The molecular formula is C42H27N3O. The Morgan fingerprint density at radius 2 is 1.43 bits per heavy atom. The van der Waals surface area contributed by atoms with E-state index in [0.717, 1.165) is 61.3 Å². The molecule has 2 aliphatic rings. The smallest absolute Gasteiger partial charge is 0.209 e. The van der Waals surface area contributed by atoms with Gasteiger partial charge in [-0.2, -0.15) is 0 Å². The number of fused-ring (bicyclic) bond motifs is 9. The number of nitrogens with one attached hydrogen (secondary N) is 1. The van der Waals surface area contributed by atoms with Crippen molar-refractivity contribution in [3.05, 3.63) is 163 Å². The lowest BCUT2D eigenvalue weighted by atomic mass is 9.95. The number of hydrogen-bond donors (Lipinski definition) is 1. The summed E-state index contributed by atoms with van der Waals surface area (Å²) in [7, 11) is 0. The van der Waals surface area contributed by atoms with Crippen molar-refractivity contribution in [1.29, 1.82) is 0 Å². The Hall–Kier alpha value is -6.13. The van der Waals surface area contributed by atoms with Crippen molar-refractivity contribution in [1.82, 2.24) is 9.88 Å². The van der Waals surface area contributed by atoms with E-state index in [1.54, 1.807) is 0 Å². The molecule has 0 amide bonds. The van der Waals surface area contributed by atoms with Crippen molar-refractivity contribution >= 4 is 66.2 Å². The first-order valence-corrected chi connectivity index (χ1v) is 15.7. The van der Waals surface area contributed by atoms with Crippen LogP contribution in [0.1, 0.15) is 5.56 Å². The summed E-state index contributed by atoms with van der Waals surface area (Å²) in [6, 6.07) is 45.1. The van der Waals surface area contributed by atoms with E-state index in [4.69, 9.17) is 9.41 Å². The molecule has 1 aliphatic heterocycles. The van der Waals surface area contributed by atoms with Crippen molar-refractivity contribution in [2.75, 3.05) is 0 Å². The van der Waals surface area contributed by atoms with Crippen LogP contribution in [0.2, 0.25) is 0 Å². The molecule has 216 valence electrons. The molecule has 1 aliphatic carbocycles. The van der Waals surface area contributed by atoms with Gasteiger partial charge in [-0.25, -0.2) is 4.99 Å². The molecule has 46 heavy (non-hydrogen) atoms. The summed E-state index contributed by atoms with van der Waals surface area (Å²) in [6.45, 7) is 0. The van der Waals surface area contributed by atoms with Crippen LogP contribution in [0.25, 0.3) is 71.3 Å². The lowest BCUT2D eigenvalue weighted by molar-refractivity contribution is 0.670. The van der Waals surface area contributed by atoms with Crippen LogP contribution in [-0.4, -0.2) is 16.6 Å². The number of hydrogen-bond acceptors (Lipinski definition) is 3. The zero-order chi connectivity index (χ0) is 30.2. The normalized spacial score (nSPS) is 16.1. The second-order valence-corrected chi connectivity index (χ2v) is 12.0. The van der Waals surface area contributed by atoms with E-state index in [2.05, 4.69) is 149 Å². The first-order chi connectivity index (χ1) is 22.8. The SMILES string of the molecule is C1=CC2=C(c3ccccc3)N=C(n3c4ccccc4c4c5cc(-c6cccc7c6oc6ccccc67)ccc5ccc43)NC2C=C1. The third-order valence-corrected chi connectivity index (χ3v) is 9.43. The second kappa shape index (κ2) is 9.68. The summed E-state index contributed by atoms with van der Waals surface area (Å²) < 4.78 is 8.73. The monoisotopic (exact) mass is 589 g/mol. The third-order valence-electron chi connectivity index (χ3n) is 9.43. The van der Waals surface area contributed by atoms with Crippen molar-refractivity contribution in [3.63, 3.8) is 0 Å². The summed E-state index contributed by atoms with van der Waals surface area (Å²) in [5.74, 6) is 0.821. The van der Waals surface area contributed by atoms with Gasteiger partial charge in [0.05, 0.1) is 22.8 Å². The lowest BCUT2D eigenvalue weighted by Gasteiger charge is -2.28. The molecule has 0 fully saturated rings. The van der Waals surface area contributed by atoms with Gasteiger partial charge in [0, 0.05) is 38.2 Å². The number of para-hydroxylation sites is 3. The average molecular weight is 590 g/mol. The molecule has 0 saturated carbocycles. The van der Waals surface area contributed by atoms with Crippen LogP contribution >= 0.6 is 0 Å². The Kier molecular flexibility index (Phi) is 5.31. The van der Waals surface area contributed by atoms with Gasteiger partial charge in [-0.3, -0.25) is 4.57 Å². The molecule has 0 saturated heterocycles. The zero-order valence-corrected chi connectivity index (χ0v) is 24.8. The van der Waals surface area contributed by atoms with E-state index in [1.165, 1.54) is 27.1 Å². The molecule has 6 aromatic carbocycles. The topological polar surface area (TPSA) is 42.5 Å². The first-order valence-electron chi connectivity index (χ1n) is 15.7. The predicted octanol–water partition coefficient (Wildman–Crippen LogP) is 10.2. The number of furan rings is 1. The van der Waals surface area contributed by atoms with Gasteiger partial charge in [0.25, 0.3) is 0 Å². The number of rotatable bonds is 2. The van der Waals surface area contributed by atoms with E-state index in [0.29, 0.717) is 0 Å². The zero-order valence-electron chi connectivity index (χ0n) is 24.8. The molecule has 1 atom stereocenters. The Morgan fingerprint density at radius 1 is 0.630 bits per heavy atom. The van der Waals surface area contributed by atoms with Gasteiger partial charge < -0.3 is 9.73 Å². The van der Waals surface area contributed by atoms with E-state index in [9.17, 15) is 0 Å². The van der Waals surface area contributed by atoms with Crippen LogP contribution in [0, 0.1) is 0 Å². The van der Waals surface area contributed by atoms with Gasteiger partial charge in [-0.15, -0.1) is 0 Å². The number of allylic oxidation sites excluding steroid dienone is 2. The fourth-order valence-electron chi connectivity index (χ4n) is 7.34. The van der Waals surface area contributed by atoms with E-state index in [-0.39, 0.29) is 6.04 Å². The van der Waals surface area contributed by atoms with Crippen LogP contribution in [0.3, 0.4) is 0 Å². The second-order valence-electron chi connectivity index (χ2n) is 12.0. The number of aliphatic imine (C=N–C) groups is 1. The fraction of sp³-hybridized carbons (Fsp3) is 0.0238. The Labute approximate surface area is 264 Å². The first kappa shape index (κ1) is 25.2. The Bertz CT molecular complexity index is 2670. The molecule has 10 rings (SSSR count). The molecular weight excluding hydrogens is 562 g/mol. The Balaban J connectivity index is 1.23. The molecule has 0 bridgehead atoms. The van der Waals surface area contributed by atoms with Crippen LogP contribution in [0.4, 0.5) is 0 Å². The van der Waals surface area contributed by atoms with Crippen LogP contribution in [-0.2, 0) is 0 Å². The predicted molar refractivity (Wildman–Crippen MR) is 191 cm³/mol. The summed E-state index contributed by atoms with van der Waals surface area (Å²) in [5.41, 5.74) is 9.57. The molecule has 4 heteroatoms. The lowest BCUT2D eigenvalue weighted by Crippen LogP contribution is -2.42. The quantitative estimate of drug-likeness (QED) is 0.218. The Morgan fingerprint density at radius 3 is 2.37 bits per heavy atom. The van der Waals surface area contributed by atoms with Crippen molar-refractivity contribution in [3.8, 4) is 11.1 Å². The molecule has 3 heterocycles. The molecule has 8 aromatic rings. The molecule has 0 radical (unpaired) electrons. The number of benzene rings is 6. The van der Waals surface area contributed by atoms with Crippen molar-refractivity contribution < 1.29 is 4.42 Å². The maximum absolute atomic E-state index is 6.44. The maximum atomic E-state index is 6.44. The number of nitrogens with zero attached hydrogens (tertiary/aromatic N) is 2. The fourth-order valence-corrected chi connectivity index (χ4v) is 7.34. The largest absolute Gasteiger partial charge is 0.455 e. The highest BCUT2D eigenvalue weighted by Gasteiger charge is 2.27. The molecule has 1 unspecified atom stereocenters. The van der Waals surface area contributed by atoms with Crippen LogP contribution in [0.15, 0.2) is 167 Å². The van der Waals surface area contributed by atoms with Gasteiger partial charge >= 0.3 is 0 Å². The standard InChI is InChI=1S/C42H27N3O/c1-2-11-27(12-3-1)40-32-14-4-7-18-35(32)43-42(44-40)45-36-19-8-5-15-33(36)39-34-25-28(22-21-26(34)23-24-37(39)45)29-16-10-17-31-30-13-6-9-20-38(30)46-41(29)31/h1-25,35H,(H,43,44). The minimum Gasteiger partial charge on any atom is -0.455 e. The summed E-state index contributed by atoms with van der Waals surface area (Å²) in [6.07, 6.45) is 8.58. The summed E-state index contributed by atoms with van der Waals surface area (Å²) >= 11 is 0. The van der Waals surface area contributed by atoms with Crippen LogP contribution < -0.4 is 5.32 Å². The van der Waals surface area contributed by atoms with Gasteiger partial charge in [0.15, 0.2) is 0 Å². The molecule has 0 spiro atoms. The average Bonchev–Trinajstić information content (AvgIpc) is 3.67. The van der Waals surface area contributed by atoms with E-state index in [1.807, 2.05) is 12.1 Å². The summed E-state index contributed by atoms with van der Waals surface area (Å²) in [4.78, 5) is 5.33. The van der Waals surface area contributed by atoms with Crippen molar-refractivity contribution in [2.45, 2.75) is 6.04 Å². The van der Waals surface area contributed by atoms with E-state index >= 15 is 0 Å². The van der Waals surface area contributed by atoms with Gasteiger partial charge in [-0.05, 0) is 40.6 Å². The molecule has 2 aromatic heterocycles. The molecule has 1 N–H and O–H groups in total. The summed E-state index contributed by atoms with van der Waals surface area (Å²) in [5, 5.41) is 10.9. The van der Waals surface area contributed by atoms with Crippen LogP contribution in [0.5, 0.6) is 0 Å². The highest BCUT2D eigenvalue weighted by molar-refractivity contribution is 6.24. The van der Waals surface area contributed by atoms with Gasteiger partial charge in [-0.1, -0.05) is 127 Å². The maximum Gasteiger partial charge on any atom is 0.209 e. The minimum atomic E-state index is 0.0280.